The first-order valence-corrected chi connectivity index (χ1v) is 6.70. The Morgan fingerprint density at radius 3 is 2.13 bits per heavy atom. The van der Waals surface area contributed by atoms with E-state index in [1.54, 1.807) is 28.6 Å². The van der Waals surface area contributed by atoms with Crippen LogP contribution < -0.4 is 0 Å². The van der Waals surface area contributed by atoms with E-state index >= 15 is 0 Å². The molecule has 0 unspecified atom stereocenters. The molecular weight excluding hydrogens is 210 g/mol. The van der Waals surface area contributed by atoms with E-state index < -0.39 is 10.0 Å². The third-order valence-electron chi connectivity index (χ3n) is 2.70. The number of piperidine rings is 1. The average molecular weight is 225 g/mol. The Kier molecular flexibility index (Phi) is 3.07. The lowest BCUT2D eigenvalue weighted by Gasteiger charge is -2.25. The van der Waals surface area contributed by atoms with Crippen LogP contribution in [-0.2, 0) is 10.0 Å². The van der Waals surface area contributed by atoms with Crippen molar-refractivity contribution in [3.8, 4) is 0 Å². The number of rotatable bonds is 2. The van der Waals surface area contributed by atoms with E-state index in [-0.39, 0.29) is 0 Å². The van der Waals surface area contributed by atoms with Crippen LogP contribution in [0, 0.1) is 0 Å². The molecule has 0 radical (unpaired) electrons. The number of hydrogen-bond acceptors (Lipinski definition) is 2. The molecule has 1 saturated heterocycles. The molecule has 1 heterocycles. The minimum atomic E-state index is -3.23. The lowest BCUT2D eigenvalue weighted by atomic mass is 10.2. The molecule has 1 aliphatic rings. The first kappa shape index (κ1) is 10.6. The van der Waals surface area contributed by atoms with Gasteiger partial charge in [-0.3, -0.25) is 0 Å². The third kappa shape index (κ3) is 2.21. The van der Waals surface area contributed by atoms with Crippen LogP contribution in [0.5, 0.6) is 0 Å². The van der Waals surface area contributed by atoms with E-state index in [2.05, 4.69) is 0 Å². The number of nitrogens with zero attached hydrogens (tertiary/aromatic N) is 1. The lowest BCUT2D eigenvalue weighted by molar-refractivity contribution is 0.346. The van der Waals surface area contributed by atoms with Gasteiger partial charge in [0.2, 0.25) is 10.0 Å². The molecule has 0 amide bonds. The fraction of sp³-hybridized carbons (Fsp3) is 0.455. The van der Waals surface area contributed by atoms with Crippen molar-refractivity contribution in [1.82, 2.24) is 4.31 Å². The molecule has 1 fully saturated rings. The highest BCUT2D eigenvalue weighted by atomic mass is 32.2. The zero-order valence-corrected chi connectivity index (χ0v) is 9.41. The average Bonchev–Trinajstić information content (AvgIpc) is 2.31. The highest BCUT2D eigenvalue weighted by Crippen LogP contribution is 2.19. The monoisotopic (exact) mass is 225 g/mol. The highest BCUT2D eigenvalue weighted by Gasteiger charge is 2.25. The van der Waals surface area contributed by atoms with Gasteiger partial charge in [0.25, 0.3) is 0 Å². The summed E-state index contributed by atoms with van der Waals surface area (Å²) in [5, 5.41) is 0. The molecule has 3 nitrogen and oxygen atoms in total. The van der Waals surface area contributed by atoms with Crippen molar-refractivity contribution < 1.29 is 8.42 Å². The Morgan fingerprint density at radius 2 is 1.53 bits per heavy atom. The standard InChI is InChI=1S/C11H15NO2S/c13-15(14,11-7-3-1-4-8-11)12-9-5-2-6-10-12/h1,3-4,7-8H,2,5-6,9-10H2. The van der Waals surface area contributed by atoms with Crippen LogP contribution in [0.4, 0.5) is 0 Å². The van der Waals surface area contributed by atoms with Crippen LogP contribution >= 0.6 is 0 Å². The largest absolute Gasteiger partial charge is 0.243 e. The Labute approximate surface area is 90.8 Å². The van der Waals surface area contributed by atoms with Crippen molar-refractivity contribution in [3.05, 3.63) is 30.3 Å². The van der Waals surface area contributed by atoms with Gasteiger partial charge in [-0.2, -0.15) is 4.31 Å². The molecule has 0 N–H and O–H groups in total. The van der Waals surface area contributed by atoms with E-state index in [1.807, 2.05) is 6.07 Å². The predicted molar refractivity (Wildman–Crippen MR) is 59.1 cm³/mol. The molecule has 82 valence electrons. The molecule has 15 heavy (non-hydrogen) atoms. The Balaban J connectivity index is 2.26. The van der Waals surface area contributed by atoms with Gasteiger partial charge in [0.1, 0.15) is 0 Å². The molecular formula is C11H15NO2S. The summed E-state index contributed by atoms with van der Waals surface area (Å²) in [7, 11) is -3.23. The molecule has 2 rings (SSSR count). The molecule has 1 aliphatic heterocycles. The maximum atomic E-state index is 12.1. The van der Waals surface area contributed by atoms with Crippen LogP contribution in [0.3, 0.4) is 0 Å². The van der Waals surface area contributed by atoms with Gasteiger partial charge < -0.3 is 0 Å². The predicted octanol–water partition coefficient (Wildman–Crippen LogP) is 1.86. The maximum Gasteiger partial charge on any atom is 0.243 e. The first-order chi connectivity index (χ1) is 7.21. The van der Waals surface area contributed by atoms with Crippen molar-refractivity contribution in [2.75, 3.05) is 13.1 Å². The number of benzene rings is 1. The second-order valence-corrected chi connectivity index (χ2v) is 5.72. The number of sulfonamides is 1. The van der Waals surface area contributed by atoms with Crippen LogP contribution in [0.2, 0.25) is 0 Å². The van der Waals surface area contributed by atoms with Crippen molar-refractivity contribution in [2.24, 2.45) is 0 Å². The molecule has 0 spiro atoms. The van der Waals surface area contributed by atoms with Crippen molar-refractivity contribution >= 4 is 10.0 Å². The second kappa shape index (κ2) is 4.33. The Bertz CT molecular complexity index is 407. The van der Waals surface area contributed by atoms with Gasteiger partial charge in [-0.15, -0.1) is 0 Å². The van der Waals surface area contributed by atoms with Gasteiger partial charge in [0.15, 0.2) is 0 Å². The Morgan fingerprint density at radius 1 is 0.933 bits per heavy atom. The van der Waals surface area contributed by atoms with E-state index in [1.165, 1.54) is 0 Å². The van der Waals surface area contributed by atoms with Gasteiger partial charge >= 0.3 is 0 Å². The summed E-state index contributed by atoms with van der Waals surface area (Å²) in [6.07, 6.45) is 3.10. The van der Waals surface area contributed by atoms with Crippen molar-refractivity contribution in [1.29, 1.82) is 0 Å². The van der Waals surface area contributed by atoms with E-state index in [0.717, 1.165) is 19.3 Å². The topological polar surface area (TPSA) is 37.4 Å². The van der Waals surface area contributed by atoms with E-state index in [9.17, 15) is 8.42 Å². The van der Waals surface area contributed by atoms with E-state index in [0.29, 0.717) is 18.0 Å². The first-order valence-electron chi connectivity index (χ1n) is 5.26. The zero-order chi connectivity index (χ0) is 10.7. The quantitative estimate of drug-likeness (QED) is 0.770. The molecule has 0 saturated carbocycles. The van der Waals surface area contributed by atoms with Gasteiger partial charge in [-0.05, 0) is 25.0 Å². The summed E-state index contributed by atoms with van der Waals surface area (Å²) in [6, 6.07) is 8.66. The second-order valence-electron chi connectivity index (χ2n) is 3.78. The summed E-state index contributed by atoms with van der Waals surface area (Å²) >= 11 is 0. The summed E-state index contributed by atoms with van der Waals surface area (Å²) < 4.78 is 25.8. The highest BCUT2D eigenvalue weighted by molar-refractivity contribution is 7.89. The Hall–Kier alpha value is -0.870. The minimum Gasteiger partial charge on any atom is -0.207 e. The van der Waals surface area contributed by atoms with Gasteiger partial charge in [0, 0.05) is 13.1 Å². The third-order valence-corrected chi connectivity index (χ3v) is 4.61. The van der Waals surface area contributed by atoms with Crippen molar-refractivity contribution in [2.45, 2.75) is 24.2 Å². The van der Waals surface area contributed by atoms with Gasteiger partial charge in [-0.25, -0.2) is 8.42 Å². The molecule has 0 aliphatic carbocycles. The summed E-state index contributed by atoms with van der Waals surface area (Å²) in [5.74, 6) is 0. The van der Waals surface area contributed by atoms with Gasteiger partial charge in [-0.1, -0.05) is 24.6 Å². The molecule has 0 bridgehead atoms. The summed E-state index contributed by atoms with van der Waals surface area (Å²) in [6.45, 7) is 1.33. The summed E-state index contributed by atoms with van der Waals surface area (Å²) in [5.41, 5.74) is 0. The maximum absolute atomic E-state index is 12.1. The van der Waals surface area contributed by atoms with E-state index in [4.69, 9.17) is 0 Å². The number of hydrogen-bond donors (Lipinski definition) is 0. The molecule has 0 aromatic heterocycles. The zero-order valence-electron chi connectivity index (χ0n) is 8.59. The fourth-order valence-electron chi connectivity index (χ4n) is 1.85. The minimum absolute atomic E-state index is 0.409. The molecule has 0 atom stereocenters. The van der Waals surface area contributed by atoms with Gasteiger partial charge in [0.05, 0.1) is 4.90 Å². The van der Waals surface area contributed by atoms with Crippen LogP contribution in [0.25, 0.3) is 0 Å². The molecule has 4 heteroatoms. The normalized spacial score (nSPS) is 18.9. The fourth-order valence-corrected chi connectivity index (χ4v) is 3.38. The molecule has 1 aromatic carbocycles. The lowest BCUT2D eigenvalue weighted by Crippen LogP contribution is -2.35. The van der Waals surface area contributed by atoms with Crippen LogP contribution in [0.1, 0.15) is 19.3 Å². The van der Waals surface area contributed by atoms with Crippen molar-refractivity contribution in [3.63, 3.8) is 0 Å². The van der Waals surface area contributed by atoms with Crippen LogP contribution in [0.15, 0.2) is 35.2 Å². The summed E-state index contributed by atoms with van der Waals surface area (Å²) in [4.78, 5) is 0.409. The molecule has 1 aromatic rings. The van der Waals surface area contributed by atoms with Crippen LogP contribution in [-0.4, -0.2) is 25.8 Å². The smallest absolute Gasteiger partial charge is 0.207 e. The SMILES string of the molecule is O=S(=O)(c1ccccc1)N1CCCCC1.